The monoisotopic (exact) mass is 351 g/mol. The van der Waals surface area contributed by atoms with Gasteiger partial charge in [-0.1, -0.05) is 0 Å². The number of hydrogen-bond donors (Lipinski definition) is 2. The maximum absolute atomic E-state index is 12.4. The lowest BCUT2D eigenvalue weighted by molar-refractivity contribution is 0.0630. The topological polar surface area (TPSA) is 72.1 Å². The highest BCUT2D eigenvalue weighted by Crippen LogP contribution is 2.42. The number of methoxy groups -OCH3 is 2. The summed E-state index contributed by atoms with van der Waals surface area (Å²) in [5, 5.41) is 11.1. The molecule has 130 valence electrons. The molecule has 1 aromatic carbocycles. The van der Waals surface area contributed by atoms with E-state index in [4.69, 9.17) is 13.9 Å². The summed E-state index contributed by atoms with van der Waals surface area (Å²) >= 11 is 4.19. The van der Waals surface area contributed by atoms with E-state index in [0.29, 0.717) is 34.6 Å². The summed E-state index contributed by atoms with van der Waals surface area (Å²) in [6.45, 7) is 1.38. The number of aliphatic hydroxyl groups is 1. The van der Waals surface area contributed by atoms with Crippen molar-refractivity contribution in [1.82, 2.24) is 4.90 Å². The van der Waals surface area contributed by atoms with Gasteiger partial charge in [0.25, 0.3) is 0 Å². The van der Waals surface area contributed by atoms with E-state index in [1.54, 1.807) is 13.2 Å². The Hall–Kier alpha value is -1.70. The fourth-order valence-electron chi connectivity index (χ4n) is 3.39. The molecule has 0 spiro atoms. The van der Waals surface area contributed by atoms with E-state index < -0.39 is 6.10 Å². The summed E-state index contributed by atoms with van der Waals surface area (Å²) in [6.07, 6.45) is 0.152. The van der Waals surface area contributed by atoms with Crippen LogP contribution in [-0.2, 0) is 0 Å². The molecule has 2 heterocycles. The quantitative estimate of drug-likeness (QED) is 0.823. The van der Waals surface area contributed by atoms with Gasteiger partial charge in [0.05, 0.1) is 20.3 Å². The third-order valence-electron chi connectivity index (χ3n) is 4.55. The lowest BCUT2D eigenvalue weighted by Gasteiger charge is -2.34. The Morgan fingerprint density at radius 3 is 2.62 bits per heavy atom. The number of likely N-dealkylation sites (N-methyl/N-ethyl adjacent to an activating group) is 1. The van der Waals surface area contributed by atoms with Crippen molar-refractivity contribution in [3.05, 3.63) is 27.9 Å². The van der Waals surface area contributed by atoms with E-state index >= 15 is 0 Å². The zero-order valence-corrected chi connectivity index (χ0v) is 14.8. The zero-order valence-electron chi connectivity index (χ0n) is 13.9. The van der Waals surface area contributed by atoms with Crippen LogP contribution < -0.4 is 14.9 Å². The number of nitrogens with zero attached hydrogens (tertiary/aromatic N) is 1. The van der Waals surface area contributed by atoms with Gasteiger partial charge in [-0.3, -0.25) is 4.79 Å². The predicted octanol–water partition coefficient (Wildman–Crippen LogP) is 1.88. The molecule has 0 saturated carbocycles. The molecule has 1 N–H and O–H groups in total. The van der Waals surface area contributed by atoms with Crippen LogP contribution in [-0.4, -0.2) is 50.5 Å². The smallest absolute Gasteiger partial charge is 0.197 e. The molecular formula is C17H21NO5S. The highest BCUT2D eigenvalue weighted by Gasteiger charge is 2.33. The van der Waals surface area contributed by atoms with E-state index in [1.807, 2.05) is 7.05 Å². The molecule has 1 saturated heterocycles. The molecule has 2 atom stereocenters. The number of likely N-dealkylation sites (tertiary alicyclic amines) is 1. The standard InChI is InChI=1S/C17H21NO5S/c1-18-5-4-9(11(20)8-18)15-12(21-2)7-13(22-3)16-10(19)6-14(24)23-17(15)16/h6-7,9,11,20,24H,4-5,8H2,1-3H3/t9-,11+/m1/s1. The highest BCUT2D eigenvalue weighted by atomic mass is 32.1. The molecule has 0 radical (unpaired) electrons. The third kappa shape index (κ3) is 2.87. The SMILES string of the molecule is COc1cc(OC)c2c(=O)cc(S)oc2c1[C@@H]1CCN(C)C[C@@H]1O. The van der Waals surface area contributed by atoms with Crippen molar-refractivity contribution in [3.8, 4) is 11.5 Å². The van der Waals surface area contributed by atoms with E-state index in [1.165, 1.54) is 13.2 Å². The zero-order chi connectivity index (χ0) is 17.4. The van der Waals surface area contributed by atoms with Gasteiger partial charge in [0.15, 0.2) is 10.5 Å². The minimum Gasteiger partial charge on any atom is -0.496 e. The number of thiol groups is 1. The van der Waals surface area contributed by atoms with Gasteiger partial charge in [-0.15, -0.1) is 12.6 Å². The number of aliphatic hydroxyl groups excluding tert-OH is 1. The van der Waals surface area contributed by atoms with Crippen LogP contribution in [0.25, 0.3) is 11.0 Å². The first-order valence-electron chi connectivity index (χ1n) is 7.74. The van der Waals surface area contributed by atoms with E-state index in [-0.39, 0.29) is 16.4 Å². The Bertz CT molecular complexity index is 819. The van der Waals surface area contributed by atoms with Crippen LogP contribution in [0.2, 0.25) is 0 Å². The van der Waals surface area contributed by atoms with Gasteiger partial charge in [0.2, 0.25) is 0 Å². The first kappa shape index (κ1) is 17.1. The van der Waals surface area contributed by atoms with Crippen LogP contribution in [0.5, 0.6) is 11.5 Å². The van der Waals surface area contributed by atoms with Gasteiger partial charge < -0.3 is 23.9 Å². The Labute approximate surface area is 145 Å². The summed E-state index contributed by atoms with van der Waals surface area (Å²) in [4.78, 5) is 14.5. The molecule has 6 nitrogen and oxygen atoms in total. The summed E-state index contributed by atoms with van der Waals surface area (Å²) in [5.41, 5.74) is 0.837. The molecule has 0 amide bonds. The molecule has 1 aliphatic heterocycles. The van der Waals surface area contributed by atoms with E-state index in [9.17, 15) is 9.90 Å². The van der Waals surface area contributed by atoms with Crippen molar-refractivity contribution < 1.29 is 19.0 Å². The molecule has 3 rings (SSSR count). The van der Waals surface area contributed by atoms with Crippen LogP contribution >= 0.6 is 12.6 Å². The maximum Gasteiger partial charge on any atom is 0.197 e. The maximum atomic E-state index is 12.4. The van der Waals surface area contributed by atoms with Crippen LogP contribution in [0.15, 0.2) is 26.4 Å². The second-order valence-electron chi connectivity index (χ2n) is 6.07. The number of piperidine rings is 1. The van der Waals surface area contributed by atoms with Crippen LogP contribution in [0.4, 0.5) is 0 Å². The van der Waals surface area contributed by atoms with Crippen molar-refractivity contribution in [1.29, 1.82) is 0 Å². The number of fused-ring (bicyclic) bond motifs is 1. The lowest BCUT2D eigenvalue weighted by Crippen LogP contribution is -2.40. The molecule has 2 aromatic rings. The summed E-state index contributed by atoms with van der Waals surface area (Å²) in [5.74, 6) is 0.730. The molecule has 1 aliphatic rings. The summed E-state index contributed by atoms with van der Waals surface area (Å²) < 4.78 is 16.6. The van der Waals surface area contributed by atoms with Gasteiger partial charge in [-0.2, -0.15) is 0 Å². The van der Waals surface area contributed by atoms with Crippen molar-refractivity contribution in [3.63, 3.8) is 0 Å². The van der Waals surface area contributed by atoms with Crippen molar-refractivity contribution in [2.75, 3.05) is 34.4 Å². The van der Waals surface area contributed by atoms with Gasteiger partial charge in [-0.25, -0.2) is 0 Å². The highest BCUT2D eigenvalue weighted by molar-refractivity contribution is 7.80. The molecular weight excluding hydrogens is 330 g/mol. The number of hydrogen-bond acceptors (Lipinski definition) is 7. The Morgan fingerprint density at radius 2 is 2.00 bits per heavy atom. The van der Waals surface area contributed by atoms with Gasteiger partial charge in [-0.05, 0) is 20.0 Å². The first-order chi connectivity index (χ1) is 11.5. The molecule has 0 unspecified atom stereocenters. The Kier molecular flexibility index (Phi) is 4.76. The molecule has 24 heavy (non-hydrogen) atoms. The van der Waals surface area contributed by atoms with Crippen molar-refractivity contribution in [2.45, 2.75) is 23.5 Å². The van der Waals surface area contributed by atoms with E-state index in [0.717, 1.165) is 13.0 Å². The van der Waals surface area contributed by atoms with Gasteiger partial charge in [0.1, 0.15) is 22.5 Å². The second-order valence-corrected chi connectivity index (χ2v) is 6.51. The second kappa shape index (κ2) is 6.66. The van der Waals surface area contributed by atoms with Crippen molar-refractivity contribution >= 4 is 23.6 Å². The molecule has 0 aliphatic carbocycles. The largest absolute Gasteiger partial charge is 0.496 e. The minimum absolute atomic E-state index is 0.192. The number of ether oxygens (including phenoxy) is 2. The first-order valence-corrected chi connectivity index (χ1v) is 8.19. The minimum atomic E-state index is -0.580. The van der Waals surface area contributed by atoms with Crippen LogP contribution in [0.3, 0.4) is 0 Å². The molecule has 7 heteroatoms. The fraction of sp³-hybridized carbons (Fsp3) is 0.471. The van der Waals surface area contributed by atoms with Gasteiger partial charge in [0, 0.05) is 30.2 Å². The van der Waals surface area contributed by atoms with Gasteiger partial charge >= 0.3 is 0 Å². The number of benzene rings is 1. The number of β-amino-alcohol motifs (C(OH)–C–C–N with tert-alkyl or cyclic N) is 1. The summed E-state index contributed by atoms with van der Waals surface area (Å²) in [6, 6.07) is 2.99. The van der Waals surface area contributed by atoms with E-state index in [2.05, 4.69) is 17.5 Å². The lowest BCUT2D eigenvalue weighted by atomic mass is 9.85. The predicted molar refractivity (Wildman–Crippen MR) is 93.7 cm³/mol. The Morgan fingerprint density at radius 1 is 1.29 bits per heavy atom. The average molecular weight is 351 g/mol. The third-order valence-corrected chi connectivity index (χ3v) is 4.77. The molecule has 1 aromatic heterocycles. The number of rotatable bonds is 3. The van der Waals surface area contributed by atoms with Crippen LogP contribution in [0, 0.1) is 0 Å². The average Bonchev–Trinajstić information content (AvgIpc) is 2.53. The fourth-order valence-corrected chi connectivity index (χ4v) is 3.60. The molecule has 0 bridgehead atoms. The molecule has 1 fully saturated rings. The summed E-state index contributed by atoms with van der Waals surface area (Å²) in [7, 11) is 5.01. The normalized spacial score (nSPS) is 21.9. The Balaban J connectivity index is 2.31. The van der Waals surface area contributed by atoms with Crippen molar-refractivity contribution in [2.24, 2.45) is 0 Å². The van der Waals surface area contributed by atoms with Crippen LogP contribution in [0.1, 0.15) is 17.9 Å².